The van der Waals surface area contributed by atoms with Crippen molar-refractivity contribution < 1.29 is 0 Å². The first-order chi connectivity index (χ1) is 14.5. The van der Waals surface area contributed by atoms with Crippen molar-refractivity contribution in [1.82, 2.24) is 20.1 Å². The van der Waals surface area contributed by atoms with Gasteiger partial charge in [0.25, 0.3) is 0 Å². The first kappa shape index (κ1) is 20.4. The first-order valence-electron chi connectivity index (χ1n) is 10.9. The predicted molar refractivity (Wildman–Crippen MR) is 126 cm³/mol. The third-order valence-electron chi connectivity index (χ3n) is 6.28. The van der Waals surface area contributed by atoms with Crippen molar-refractivity contribution in [3.63, 3.8) is 0 Å². The number of hydrogen-bond donors (Lipinski definition) is 2. The summed E-state index contributed by atoms with van der Waals surface area (Å²) in [7, 11) is 0. The number of aromatic amines is 1. The van der Waals surface area contributed by atoms with Gasteiger partial charge in [0.15, 0.2) is 0 Å². The third-order valence-corrected chi connectivity index (χ3v) is 6.28. The lowest BCUT2D eigenvalue weighted by atomic mass is 9.95. The zero-order valence-corrected chi connectivity index (χ0v) is 18.8. The lowest BCUT2D eigenvalue weighted by Crippen LogP contribution is -2.30. The van der Waals surface area contributed by atoms with Gasteiger partial charge in [-0.3, -0.25) is 0 Å². The molecule has 0 bridgehead atoms. The summed E-state index contributed by atoms with van der Waals surface area (Å²) < 4.78 is 2.22. The topological polar surface area (TPSA) is 45.6 Å². The molecule has 0 aliphatic carbocycles. The van der Waals surface area contributed by atoms with Crippen molar-refractivity contribution in [2.24, 2.45) is 0 Å². The second-order valence-electron chi connectivity index (χ2n) is 8.41. The monoisotopic (exact) mass is 400 g/mol. The van der Waals surface area contributed by atoms with E-state index in [1.54, 1.807) is 0 Å². The smallest absolute Gasteiger partial charge is 0.0875 e. The number of H-pyrrole nitrogens is 1. The number of fused-ring (bicyclic) bond motifs is 1. The minimum absolute atomic E-state index is 0.152. The lowest BCUT2D eigenvalue weighted by molar-refractivity contribution is 0.425. The summed E-state index contributed by atoms with van der Waals surface area (Å²) in [6.45, 7) is 15.8. The van der Waals surface area contributed by atoms with Crippen molar-refractivity contribution in [3.05, 3.63) is 82.5 Å². The van der Waals surface area contributed by atoms with Crippen LogP contribution < -0.4 is 5.32 Å². The van der Waals surface area contributed by atoms with Crippen LogP contribution in [0.5, 0.6) is 0 Å². The van der Waals surface area contributed by atoms with E-state index in [-0.39, 0.29) is 5.54 Å². The molecule has 2 N–H and O–H groups in total. The second-order valence-corrected chi connectivity index (χ2v) is 8.41. The number of benzene rings is 1. The number of nitrogens with zero attached hydrogens (tertiary/aromatic N) is 2. The molecule has 3 aromatic rings. The molecular formula is C26H32N4. The van der Waals surface area contributed by atoms with Crippen LogP contribution in [0.4, 0.5) is 0 Å². The Balaban J connectivity index is 2.07. The van der Waals surface area contributed by atoms with Crippen molar-refractivity contribution in [1.29, 1.82) is 0 Å². The summed E-state index contributed by atoms with van der Waals surface area (Å²) in [6.07, 6.45) is 8.02. The predicted octanol–water partition coefficient (Wildman–Crippen LogP) is 5.76. The van der Waals surface area contributed by atoms with E-state index in [1.165, 1.54) is 33.6 Å². The summed E-state index contributed by atoms with van der Waals surface area (Å²) in [5.41, 5.74) is 10.7. The largest absolute Gasteiger partial charge is 0.361 e. The van der Waals surface area contributed by atoms with E-state index in [1.807, 2.05) is 12.3 Å². The second kappa shape index (κ2) is 7.77. The quantitative estimate of drug-likeness (QED) is 0.553. The fourth-order valence-corrected chi connectivity index (χ4v) is 4.64. The standard InChI is InChI=1S/C26H32N4/c1-7-17-12-11-13-18(8-2)23(17)30-24(21-16-28-26(5,6)25(21)29-30)19(9-3)20-14-15-27-22(20)10-4/h9-15,27-28H,4,7-8,16H2,1-3,5-6H3/b19-9+. The van der Waals surface area contributed by atoms with Crippen molar-refractivity contribution in [2.75, 3.05) is 0 Å². The van der Waals surface area contributed by atoms with Gasteiger partial charge in [-0.2, -0.15) is 5.10 Å². The minimum atomic E-state index is -0.152. The van der Waals surface area contributed by atoms with Crippen molar-refractivity contribution in [3.8, 4) is 5.69 Å². The van der Waals surface area contributed by atoms with E-state index in [0.717, 1.165) is 36.3 Å². The number of allylic oxidation sites excluding steroid dienone is 1. The Labute approximate surface area is 179 Å². The molecule has 3 heterocycles. The van der Waals surface area contributed by atoms with Crippen LogP contribution in [0.15, 0.2) is 43.1 Å². The summed E-state index contributed by atoms with van der Waals surface area (Å²) in [5, 5.41) is 8.88. The van der Waals surface area contributed by atoms with Gasteiger partial charge in [0.05, 0.1) is 22.6 Å². The Kier molecular flexibility index (Phi) is 5.29. The molecule has 1 aliphatic rings. The van der Waals surface area contributed by atoms with Crippen molar-refractivity contribution in [2.45, 2.75) is 59.5 Å². The molecule has 0 amide bonds. The molecule has 4 rings (SSSR count). The van der Waals surface area contributed by atoms with E-state index >= 15 is 0 Å². The first-order valence-corrected chi connectivity index (χ1v) is 10.9. The van der Waals surface area contributed by atoms with Gasteiger partial charge in [-0.15, -0.1) is 0 Å². The fourth-order valence-electron chi connectivity index (χ4n) is 4.64. The number of aromatic nitrogens is 3. The minimum Gasteiger partial charge on any atom is -0.361 e. The molecule has 1 aliphatic heterocycles. The molecule has 0 saturated carbocycles. The molecule has 0 spiro atoms. The van der Waals surface area contributed by atoms with Gasteiger partial charge >= 0.3 is 0 Å². The Morgan fingerprint density at radius 1 is 1.20 bits per heavy atom. The molecule has 0 radical (unpaired) electrons. The Morgan fingerprint density at radius 2 is 1.90 bits per heavy atom. The van der Waals surface area contributed by atoms with Crippen LogP contribution in [0.2, 0.25) is 0 Å². The van der Waals surface area contributed by atoms with Crippen LogP contribution in [0, 0.1) is 0 Å². The summed E-state index contributed by atoms with van der Waals surface area (Å²) >= 11 is 0. The molecule has 0 saturated heterocycles. The number of hydrogen-bond acceptors (Lipinski definition) is 2. The van der Waals surface area contributed by atoms with E-state index in [4.69, 9.17) is 5.10 Å². The molecule has 0 unspecified atom stereocenters. The Hall–Kier alpha value is -2.85. The normalized spacial score (nSPS) is 15.4. The molecule has 4 heteroatoms. The molecular weight excluding hydrogens is 368 g/mol. The maximum atomic E-state index is 5.24. The summed E-state index contributed by atoms with van der Waals surface area (Å²) in [6, 6.07) is 8.77. The van der Waals surface area contributed by atoms with Crippen LogP contribution in [0.3, 0.4) is 0 Å². The Morgan fingerprint density at radius 3 is 2.50 bits per heavy atom. The van der Waals surface area contributed by atoms with Gasteiger partial charge < -0.3 is 10.3 Å². The van der Waals surface area contributed by atoms with E-state index < -0.39 is 0 Å². The van der Waals surface area contributed by atoms with Crippen LogP contribution in [0.1, 0.15) is 74.0 Å². The van der Waals surface area contributed by atoms with E-state index in [0.29, 0.717) is 0 Å². The van der Waals surface area contributed by atoms with Gasteiger partial charge in [0, 0.05) is 35.1 Å². The van der Waals surface area contributed by atoms with Crippen LogP contribution in [-0.4, -0.2) is 14.8 Å². The average molecular weight is 401 g/mol. The van der Waals surface area contributed by atoms with Crippen LogP contribution in [-0.2, 0) is 24.9 Å². The van der Waals surface area contributed by atoms with E-state index in [2.05, 4.69) is 86.5 Å². The highest BCUT2D eigenvalue weighted by atomic mass is 15.3. The SMILES string of the molecule is C=Cc1[nH]ccc1/C(=C\C)c1c2c(nn1-c1c(CC)cccc1CC)C(C)(C)NC2. The van der Waals surface area contributed by atoms with Crippen molar-refractivity contribution >= 4 is 11.6 Å². The molecule has 0 fully saturated rings. The lowest BCUT2D eigenvalue weighted by Gasteiger charge is -2.20. The molecule has 156 valence electrons. The summed E-state index contributed by atoms with van der Waals surface area (Å²) in [4.78, 5) is 3.32. The summed E-state index contributed by atoms with van der Waals surface area (Å²) in [5.74, 6) is 0. The highest BCUT2D eigenvalue weighted by molar-refractivity contribution is 5.85. The maximum Gasteiger partial charge on any atom is 0.0875 e. The maximum absolute atomic E-state index is 5.24. The van der Waals surface area contributed by atoms with Crippen LogP contribution >= 0.6 is 0 Å². The highest BCUT2D eigenvalue weighted by Gasteiger charge is 2.37. The molecule has 4 nitrogen and oxygen atoms in total. The van der Waals surface area contributed by atoms with Gasteiger partial charge in [-0.05, 0) is 56.9 Å². The number of aryl methyl sites for hydroxylation is 2. The number of rotatable bonds is 6. The highest BCUT2D eigenvalue weighted by Crippen LogP contribution is 2.40. The number of nitrogens with one attached hydrogen (secondary N) is 2. The molecule has 30 heavy (non-hydrogen) atoms. The van der Waals surface area contributed by atoms with Gasteiger partial charge in [-0.25, -0.2) is 4.68 Å². The third kappa shape index (κ3) is 3.07. The van der Waals surface area contributed by atoms with E-state index in [9.17, 15) is 0 Å². The van der Waals surface area contributed by atoms with Gasteiger partial charge in [0.1, 0.15) is 0 Å². The molecule has 0 atom stereocenters. The zero-order valence-electron chi connectivity index (χ0n) is 18.8. The molecule has 1 aromatic carbocycles. The van der Waals surface area contributed by atoms with Crippen LogP contribution in [0.25, 0.3) is 17.3 Å². The fraction of sp³-hybridized carbons (Fsp3) is 0.346. The van der Waals surface area contributed by atoms with Gasteiger partial charge in [-0.1, -0.05) is 44.7 Å². The number of para-hydroxylation sites is 1. The Bertz CT molecular complexity index is 1100. The zero-order chi connectivity index (χ0) is 21.5. The molecule has 2 aromatic heterocycles. The average Bonchev–Trinajstić information content (AvgIpc) is 3.44. The van der Waals surface area contributed by atoms with Gasteiger partial charge in [0.2, 0.25) is 0 Å².